The molecule has 0 aromatic carbocycles. The summed E-state index contributed by atoms with van der Waals surface area (Å²) in [6.07, 6.45) is 8.83. The van der Waals surface area contributed by atoms with Crippen molar-refractivity contribution in [3.8, 4) is 0 Å². The zero-order valence-corrected chi connectivity index (χ0v) is 17.7. The molecule has 5 aliphatic carbocycles. The van der Waals surface area contributed by atoms with Crippen LogP contribution in [-0.2, 0) is 9.53 Å². The minimum atomic E-state index is -0.246. The molecule has 0 saturated heterocycles. The van der Waals surface area contributed by atoms with Crippen molar-refractivity contribution in [3.63, 3.8) is 0 Å². The van der Waals surface area contributed by atoms with E-state index in [1.807, 2.05) is 0 Å². The summed E-state index contributed by atoms with van der Waals surface area (Å²) in [7, 11) is 0. The molecule has 26 heavy (non-hydrogen) atoms. The summed E-state index contributed by atoms with van der Waals surface area (Å²) in [6, 6.07) is 0. The van der Waals surface area contributed by atoms with E-state index in [0.29, 0.717) is 5.92 Å². The fraction of sp³-hybridized carbons (Fsp3) is 0.958. The van der Waals surface area contributed by atoms with Gasteiger partial charge in [0.05, 0.1) is 5.41 Å². The van der Waals surface area contributed by atoms with Crippen LogP contribution in [0.5, 0.6) is 0 Å². The highest BCUT2D eigenvalue weighted by Gasteiger charge is 2.71. The van der Waals surface area contributed by atoms with Crippen LogP contribution >= 0.6 is 0 Å². The lowest BCUT2D eigenvalue weighted by molar-refractivity contribution is -0.178. The number of ether oxygens (including phenoxy) is 1. The molecule has 2 nitrogen and oxygen atoms in total. The van der Waals surface area contributed by atoms with E-state index in [2.05, 4.69) is 41.5 Å². The third-order valence-electron chi connectivity index (χ3n) is 9.53. The average molecular weight is 359 g/mol. The second-order valence-electron chi connectivity index (χ2n) is 12.9. The molecule has 5 fully saturated rings. The molecule has 0 spiro atoms. The molecule has 146 valence electrons. The largest absolute Gasteiger partial charge is 0.459 e. The van der Waals surface area contributed by atoms with E-state index >= 15 is 0 Å². The summed E-state index contributed by atoms with van der Waals surface area (Å²) in [5, 5.41) is 0. The normalized spacial score (nSPS) is 53.0. The van der Waals surface area contributed by atoms with Gasteiger partial charge in [0.1, 0.15) is 5.60 Å². The van der Waals surface area contributed by atoms with Crippen molar-refractivity contribution >= 4 is 5.97 Å². The number of esters is 1. The van der Waals surface area contributed by atoms with E-state index in [1.54, 1.807) is 0 Å². The molecule has 0 heterocycles. The first-order valence-electron chi connectivity index (χ1n) is 11.2. The second kappa shape index (κ2) is 4.90. The number of hydrogen-bond donors (Lipinski definition) is 0. The quantitative estimate of drug-likeness (QED) is 0.468. The van der Waals surface area contributed by atoms with E-state index in [1.165, 1.54) is 25.7 Å². The molecule has 5 aliphatic rings. The van der Waals surface area contributed by atoms with Crippen LogP contribution in [0.4, 0.5) is 0 Å². The van der Waals surface area contributed by atoms with Gasteiger partial charge in [0, 0.05) is 5.92 Å². The summed E-state index contributed by atoms with van der Waals surface area (Å²) < 4.78 is 6.52. The van der Waals surface area contributed by atoms with Crippen LogP contribution in [0.1, 0.15) is 86.5 Å². The molecule has 0 N–H and O–H groups in total. The molecule has 5 saturated carbocycles. The Labute approximate surface area is 159 Å². The zero-order chi connectivity index (χ0) is 18.7. The minimum absolute atomic E-state index is 0.0975. The fourth-order valence-electron chi connectivity index (χ4n) is 8.63. The van der Waals surface area contributed by atoms with E-state index in [4.69, 9.17) is 4.74 Å². The Bertz CT molecular complexity index is 643. The number of fused-ring (bicyclic) bond motifs is 9. The highest BCUT2D eigenvalue weighted by Crippen LogP contribution is 2.72. The van der Waals surface area contributed by atoms with Crippen molar-refractivity contribution < 1.29 is 9.53 Å². The van der Waals surface area contributed by atoms with Crippen LogP contribution in [-0.4, -0.2) is 11.6 Å². The highest BCUT2D eigenvalue weighted by atomic mass is 16.6. The highest BCUT2D eigenvalue weighted by molar-refractivity contribution is 5.82. The van der Waals surface area contributed by atoms with Gasteiger partial charge in [-0.05, 0) is 92.3 Å². The molecule has 8 unspecified atom stereocenters. The molecule has 0 aromatic heterocycles. The first-order chi connectivity index (χ1) is 12.0. The molecule has 0 amide bonds. The standard InChI is InChI=1S/C24H38O2/c1-21(2,3)12-24(13-22(24,4)5)20(25)26-23(6)11-16-10-17(23)19-15-8-7-14(9-15)18(16)19/h14-19H,7-13H2,1-6H3. The lowest BCUT2D eigenvalue weighted by atomic mass is 9.66. The maximum atomic E-state index is 13.5. The summed E-state index contributed by atoms with van der Waals surface area (Å²) in [6.45, 7) is 13.6. The topological polar surface area (TPSA) is 26.3 Å². The molecular weight excluding hydrogens is 320 g/mol. The average Bonchev–Trinajstić information content (AvgIpc) is 3.02. The van der Waals surface area contributed by atoms with Crippen molar-refractivity contribution in [2.45, 2.75) is 92.1 Å². The Hall–Kier alpha value is -0.530. The van der Waals surface area contributed by atoms with Gasteiger partial charge in [-0.15, -0.1) is 0 Å². The number of carbonyl (C=O) groups is 1. The van der Waals surface area contributed by atoms with Gasteiger partial charge in [0.15, 0.2) is 0 Å². The first kappa shape index (κ1) is 17.6. The summed E-state index contributed by atoms with van der Waals surface area (Å²) in [5.41, 5.74) is -0.167. The van der Waals surface area contributed by atoms with Gasteiger partial charge in [-0.2, -0.15) is 0 Å². The Morgan fingerprint density at radius 2 is 1.62 bits per heavy atom. The Balaban J connectivity index is 1.36. The third kappa shape index (κ3) is 2.20. The van der Waals surface area contributed by atoms with Crippen LogP contribution in [0.25, 0.3) is 0 Å². The monoisotopic (exact) mass is 358 g/mol. The van der Waals surface area contributed by atoms with Gasteiger partial charge in [0.25, 0.3) is 0 Å². The third-order valence-corrected chi connectivity index (χ3v) is 9.53. The number of carbonyl (C=O) groups excluding carboxylic acids is 1. The summed E-state index contributed by atoms with van der Waals surface area (Å²) >= 11 is 0. The fourth-order valence-corrected chi connectivity index (χ4v) is 8.63. The predicted octanol–water partition coefficient (Wildman–Crippen LogP) is 5.84. The van der Waals surface area contributed by atoms with Crippen molar-refractivity contribution in [2.24, 2.45) is 51.8 Å². The lowest BCUT2D eigenvalue weighted by Crippen LogP contribution is -2.47. The van der Waals surface area contributed by atoms with Gasteiger partial charge >= 0.3 is 5.97 Å². The Morgan fingerprint density at radius 1 is 1.00 bits per heavy atom. The van der Waals surface area contributed by atoms with Gasteiger partial charge in [-0.1, -0.05) is 34.6 Å². The predicted molar refractivity (Wildman–Crippen MR) is 103 cm³/mol. The molecule has 8 atom stereocenters. The van der Waals surface area contributed by atoms with E-state index in [9.17, 15) is 4.79 Å². The molecule has 5 rings (SSSR count). The minimum Gasteiger partial charge on any atom is -0.459 e. The molecular formula is C24H38O2. The maximum Gasteiger partial charge on any atom is 0.313 e. The van der Waals surface area contributed by atoms with Crippen molar-refractivity contribution in [1.29, 1.82) is 0 Å². The SMILES string of the molecule is CC(C)(C)CC1(C(=O)OC2(C)CC3CC2C2C4CCC(C4)C32)CC1(C)C. The van der Waals surface area contributed by atoms with Crippen LogP contribution in [0.15, 0.2) is 0 Å². The van der Waals surface area contributed by atoms with Crippen LogP contribution in [0, 0.1) is 51.8 Å². The number of hydrogen-bond acceptors (Lipinski definition) is 2. The molecule has 2 heteroatoms. The van der Waals surface area contributed by atoms with Gasteiger partial charge < -0.3 is 4.74 Å². The summed E-state index contributed by atoms with van der Waals surface area (Å²) in [4.78, 5) is 13.5. The smallest absolute Gasteiger partial charge is 0.313 e. The van der Waals surface area contributed by atoms with Gasteiger partial charge in [-0.3, -0.25) is 4.79 Å². The van der Waals surface area contributed by atoms with Crippen LogP contribution in [0.2, 0.25) is 0 Å². The van der Waals surface area contributed by atoms with Gasteiger partial charge in [0.2, 0.25) is 0 Å². The molecule has 0 aromatic rings. The van der Waals surface area contributed by atoms with Crippen molar-refractivity contribution in [3.05, 3.63) is 0 Å². The first-order valence-corrected chi connectivity index (χ1v) is 11.2. The Kier molecular flexibility index (Phi) is 3.31. The van der Waals surface area contributed by atoms with E-state index < -0.39 is 0 Å². The van der Waals surface area contributed by atoms with Crippen molar-refractivity contribution in [2.75, 3.05) is 0 Å². The number of rotatable bonds is 3. The van der Waals surface area contributed by atoms with E-state index in [0.717, 1.165) is 48.9 Å². The second-order valence-corrected chi connectivity index (χ2v) is 12.9. The van der Waals surface area contributed by atoms with E-state index in [-0.39, 0.29) is 27.8 Å². The van der Waals surface area contributed by atoms with Crippen molar-refractivity contribution in [1.82, 2.24) is 0 Å². The maximum absolute atomic E-state index is 13.5. The summed E-state index contributed by atoms with van der Waals surface area (Å²) in [5.74, 6) is 5.41. The molecule has 0 aliphatic heterocycles. The lowest BCUT2D eigenvalue weighted by Gasteiger charge is -2.45. The van der Waals surface area contributed by atoms with Gasteiger partial charge in [-0.25, -0.2) is 0 Å². The van der Waals surface area contributed by atoms with Crippen LogP contribution < -0.4 is 0 Å². The van der Waals surface area contributed by atoms with Crippen LogP contribution in [0.3, 0.4) is 0 Å². The molecule has 4 bridgehead atoms. The molecule has 0 radical (unpaired) electrons. The Morgan fingerprint density at radius 3 is 2.19 bits per heavy atom. The zero-order valence-electron chi connectivity index (χ0n) is 17.7.